The third-order valence-electron chi connectivity index (χ3n) is 4.04. The van der Waals surface area contributed by atoms with Crippen molar-refractivity contribution in [2.24, 2.45) is 5.41 Å². The summed E-state index contributed by atoms with van der Waals surface area (Å²) in [4.78, 5) is 11.5. The van der Waals surface area contributed by atoms with Crippen LogP contribution in [0.15, 0.2) is 18.2 Å². The van der Waals surface area contributed by atoms with Crippen LogP contribution in [0, 0.1) is 12.3 Å². The lowest BCUT2D eigenvalue weighted by molar-refractivity contribution is -0.148. The fourth-order valence-corrected chi connectivity index (χ4v) is 2.46. The molecule has 0 bridgehead atoms. The molecular formula is C16H22O2. The number of hydrogen-bond acceptors (Lipinski definition) is 2. The van der Waals surface area contributed by atoms with E-state index in [9.17, 15) is 4.79 Å². The van der Waals surface area contributed by atoms with Crippen LogP contribution in [0.5, 0.6) is 5.75 Å². The number of ether oxygens (including phenoxy) is 1. The predicted octanol–water partition coefficient (Wildman–Crippen LogP) is 3.86. The molecule has 2 heteroatoms. The maximum atomic E-state index is 11.5. The van der Waals surface area contributed by atoms with Crippen LogP contribution in [-0.2, 0) is 4.79 Å². The van der Waals surface area contributed by atoms with Gasteiger partial charge < -0.3 is 4.74 Å². The summed E-state index contributed by atoms with van der Waals surface area (Å²) in [5.41, 5.74) is 2.28. The van der Waals surface area contributed by atoms with Crippen molar-refractivity contribution in [2.75, 3.05) is 0 Å². The Balaban J connectivity index is 2.12. The van der Waals surface area contributed by atoms with Crippen LogP contribution < -0.4 is 4.74 Å². The Morgan fingerprint density at radius 1 is 1.33 bits per heavy atom. The highest BCUT2D eigenvalue weighted by Gasteiger charge is 2.49. The zero-order chi connectivity index (χ0) is 13.5. The molecule has 0 spiro atoms. The lowest BCUT2D eigenvalue weighted by Crippen LogP contribution is -2.52. The fourth-order valence-electron chi connectivity index (χ4n) is 2.46. The molecule has 0 saturated heterocycles. The summed E-state index contributed by atoms with van der Waals surface area (Å²) >= 11 is 0. The van der Waals surface area contributed by atoms with Gasteiger partial charge in [0.25, 0.3) is 0 Å². The molecule has 1 atom stereocenters. The molecule has 98 valence electrons. The first kappa shape index (κ1) is 13.1. The van der Waals surface area contributed by atoms with Crippen molar-refractivity contribution in [3.63, 3.8) is 0 Å². The summed E-state index contributed by atoms with van der Waals surface area (Å²) in [6.07, 6.45) is 0.562. The Bertz CT molecular complexity index is 472. The Morgan fingerprint density at radius 3 is 2.44 bits per heavy atom. The van der Waals surface area contributed by atoms with Crippen molar-refractivity contribution in [3.05, 3.63) is 29.3 Å². The van der Waals surface area contributed by atoms with Gasteiger partial charge in [0.2, 0.25) is 0 Å². The number of ketones is 1. The molecule has 0 amide bonds. The van der Waals surface area contributed by atoms with Crippen LogP contribution in [0.1, 0.15) is 51.2 Å². The Hall–Kier alpha value is -1.31. The number of benzene rings is 1. The summed E-state index contributed by atoms with van der Waals surface area (Å²) < 4.78 is 5.93. The smallest absolute Gasteiger partial charge is 0.145 e. The zero-order valence-electron chi connectivity index (χ0n) is 11.9. The van der Waals surface area contributed by atoms with E-state index in [1.807, 2.05) is 19.9 Å². The predicted molar refractivity (Wildman–Crippen MR) is 73.1 cm³/mol. The minimum Gasteiger partial charge on any atom is -0.489 e. The summed E-state index contributed by atoms with van der Waals surface area (Å²) in [7, 11) is 0. The van der Waals surface area contributed by atoms with E-state index < -0.39 is 0 Å². The molecule has 0 N–H and O–H groups in total. The van der Waals surface area contributed by atoms with Gasteiger partial charge in [-0.3, -0.25) is 4.79 Å². The molecule has 1 aromatic carbocycles. The molecule has 0 aromatic heterocycles. The number of carbonyl (C=O) groups excluding carboxylic acids is 1. The highest BCUT2D eigenvalue weighted by atomic mass is 16.5. The second kappa shape index (κ2) is 4.42. The van der Waals surface area contributed by atoms with E-state index in [1.165, 1.54) is 11.1 Å². The number of aryl methyl sites for hydroxylation is 1. The van der Waals surface area contributed by atoms with Gasteiger partial charge in [-0.1, -0.05) is 19.9 Å². The Kier molecular flexibility index (Phi) is 3.22. The van der Waals surface area contributed by atoms with Crippen LogP contribution in [0.25, 0.3) is 0 Å². The average Bonchev–Trinajstić information content (AvgIpc) is 2.28. The van der Waals surface area contributed by atoms with Gasteiger partial charge in [-0.2, -0.15) is 0 Å². The Morgan fingerprint density at radius 2 is 2.00 bits per heavy atom. The SMILES string of the molecule is Cc1cc(OC2CC(=O)C2(C)C)ccc1C(C)C. The molecule has 1 unspecified atom stereocenters. The average molecular weight is 246 g/mol. The molecule has 0 radical (unpaired) electrons. The van der Waals surface area contributed by atoms with Crippen molar-refractivity contribution in [1.29, 1.82) is 0 Å². The van der Waals surface area contributed by atoms with Gasteiger partial charge in [0.05, 0.1) is 5.41 Å². The molecule has 1 aliphatic rings. The third-order valence-corrected chi connectivity index (χ3v) is 4.04. The van der Waals surface area contributed by atoms with Crippen LogP contribution in [0.3, 0.4) is 0 Å². The summed E-state index contributed by atoms with van der Waals surface area (Å²) in [5, 5.41) is 0. The number of carbonyl (C=O) groups is 1. The van der Waals surface area contributed by atoms with E-state index in [0.717, 1.165) is 5.75 Å². The molecule has 2 rings (SSSR count). The summed E-state index contributed by atoms with van der Waals surface area (Å²) in [6, 6.07) is 6.22. The summed E-state index contributed by atoms with van der Waals surface area (Å²) in [6.45, 7) is 10.4. The van der Waals surface area contributed by atoms with Crippen molar-refractivity contribution < 1.29 is 9.53 Å². The van der Waals surface area contributed by atoms with Gasteiger partial charge in [-0.25, -0.2) is 0 Å². The van der Waals surface area contributed by atoms with E-state index >= 15 is 0 Å². The highest BCUT2D eigenvalue weighted by molar-refractivity contribution is 5.91. The molecule has 0 heterocycles. The Labute approximate surface area is 109 Å². The minimum atomic E-state index is -0.329. The maximum Gasteiger partial charge on any atom is 0.145 e. The van der Waals surface area contributed by atoms with Gasteiger partial charge >= 0.3 is 0 Å². The molecule has 1 saturated carbocycles. The summed E-state index contributed by atoms with van der Waals surface area (Å²) in [5.74, 6) is 1.70. The van der Waals surface area contributed by atoms with Crippen LogP contribution in [-0.4, -0.2) is 11.9 Å². The highest BCUT2D eigenvalue weighted by Crippen LogP contribution is 2.39. The van der Waals surface area contributed by atoms with Crippen molar-refractivity contribution in [3.8, 4) is 5.75 Å². The molecule has 0 aliphatic heterocycles. The van der Waals surface area contributed by atoms with Crippen LogP contribution in [0.4, 0.5) is 0 Å². The standard InChI is InChI=1S/C16H22O2/c1-10(2)13-7-6-12(8-11(13)3)18-15-9-14(17)16(15,4)5/h6-8,10,15H,9H2,1-5H3. The van der Waals surface area contributed by atoms with Crippen LogP contribution >= 0.6 is 0 Å². The first-order valence-electron chi connectivity index (χ1n) is 6.63. The maximum absolute atomic E-state index is 11.5. The van der Waals surface area contributed by atoms with E-state index in [1.54, 1.807) is 0 Å². The lowest BCUT2D eigenvalue weighted by atomic mass is 9.68. The molecule has 1 aliphatic carbocycles. The van der Waals surface area contributed by atoms with Gasteiger partial charge in [-0.15, -0.1) is 0 Å². The number of hydrogen-bond donors (Lipinski definition) is 0. The van der Waals surface area contributed by atoms with Crippen molar-refractivity contribution >= 4 is 5.78 Å². The van der Waals surface area contributed by atoms with E-state index in [-0.39, 0.29) is 11.5 Å². The van der Waals surface area contributed by atoms with Crippen molar-refractivity contribution in [2.45, 2.75) is 53.1 Å². The molecule has 1 aromatic rings. The normalized spacial score (nSPS) is 21.9. The fraction of sp³-hybridized carbons (Fsp3) is 0.562. The topological polar surface area (TPSA) is 26.3 Å². The van der Waals surface area contributed by atoms with Gasteiger partial charge in [0.1, 0.15) is 17.6 Å². The molecular weight excluding hydrogens is 224 g/mol. The van der Waals surface area contributed by atoms with E-state index in [0.29, 0.717) is 18.1 Å². The quantitative estimate of drug-likeness (QED) is 0.809. The van der Waals surface area contributed by atoms with Crippen LogP contribution in [0.2, 0.25) is 0 Å². The molecule has 1 fully saturated rings. The van der Waals surface area contributed by atoms with Gasteiger partial charge in [0.15, 0.2) is 0 Å². The molecule has 2 nitrogen and oxygen atoms in total. The molecule has 18 heavy (non-hydrogen) atoms. The monoisotopic (exact) mass is 246 g/mol. The zero-order valence-corrected chi connectivity index (χ0v) is 11.9. The number of rotatable bonds is 3. The van der Waals surface area contributed by atoms with E-state index in [2.05, 4.69) is 32.9 Å². The second-order valence-electron chi connectivity index (χ2n) is 6.13. The van der Waals surface area contributed by atoms with E-state index in [4.69, 9.17) is 4.74 Å². The minimum absolute atomic E-state index is 0.0225. The lowest BCUT2D eigenvalue weighted by Gasteiger charge is -2.42. The van der Waals surface area contributed by atoms with Crippen molar-refractivity contribution in [1.82, 2.24) is 0 Å². The number of Topliss-reactive ketones (excluding diaryl/α,β-unsaturated/α-hetero) is 1. The van der Waals surface area contributed by atoms with Gasteiger partial charge in [0, 0.05) is 6.42 Å². The first-order valence-corrected chi connectivity index (χ1v) is 6.63. The largest absolute Gasteiger partial charge is 0.489 e. The third kappa shape index (κ3) is 2.16. The second-order valence-corrected chi connectivity index (χ2v) is 6.13. The van der Waals surface area contributed by atoms with Gasteiger partial charge in [-0.05, 0) is 49.9 Å². The first-order chi connectivity index (χ1) is 8.32.